The highest BCUT2D eigenvalue weighted by Gasteiger charge is 2.28. The highest BCUT2D eigenvalue weighted by atomic mass is 32.1. The number of thiophene rings is 1. The van der Waals surface area contributed by atoms with Crippen LogP contribution in [0.2, 0.25) is 0 Å². The van der Waals surface area contributed by atoms with Gasteiger partial charge in [-0.2, -0.15) is 5.10 Å². The Labute approximate surface area is 205 Å². The molecule has 1 aromatic carbocycles. The Kier molecular flexibility index (Phi) is 6.49. The predicted octanol–water partition coefficient (Wildman–Crippen LogP) is 5.64. The van der Waals surface area contributed by atoms with E-state index in [1.165, 1.54) is 5.56 Å². The fourth-order valence-electron chi connectivity index (χ4n) is 3.97. The summed E-state index contributed by atoms with van der Waals surface area (Å²) in [6.45, 7) is 13.3. The van der Waals surface area contributed by atoms with E-state index < -0.39 is 0 Å². The van der Waals surface area contributed by atoms with Gasteiger partial charge >= 0.3 is 0 Å². The van der Waals surface area contributed by atoms with Crippen LogP contribution in [0, 0.1) is 6.92 Å². The average molecular weight is 477 g/mol. The van der Waals surface area contributed by atoms with E-state index in [0.29, 0.717) is 30.9 Å². The van der Waals surface area contributed by atoms with Gasteiger partial charge in [0, 0.05) is 33.9 Å². The molecule has 0 aliphatic carbocycles. The molecule has 34 heavy (non-hydrogen) atoms. The number of nitrogens with zero attached hydrogens (tertiary/aromatic N) is 3. The third kappa shape index (κ3) is 4.71. The molecular weight excluding hydrogens is 444 g/mol. The summed E-state index contributed by atoms with van der Waals surface area (Å²) in [6, 6.07) is 10.1. The molecule has 0 bridgehead atoms. The van der Waals surface area contributed by atoms with Gasteiger partial charge in [-0.05, 0) is 44.9 Å². The summed E-state index contributed by atoms with van der Waals surface area (Å²) in [5.74, 6) is 0.565. The van der Waals surface area contributed by atoms with Crippen molar-refractivity contribution in [1.82, 2.24) is 14.7 Å². The van der Waals surface area contributed by atoms with Crippen molar-refractivity contribution in [3.8, 4) is 5.69 Å². The van der Waals surface area contributed by atoms with E-state index in [2.05, 4.69) is 26.1 Å². The quantitative estimate of drug-likeness (QED) is 0.495. The topological polar surface area (TPSA) is 67.2 Å². The first-order valence-corrected chi connectivity index (χ1v) is 12.5. The lowest BCUT2D eigenvalue weighted by Gasteiger charge is -2.27. The van der Waals surface area contributed by atoms with E-state index in [9.17, 15) is 9.59 Å². The second-order valence-corrected chi connectivity index (χ2v) is 10.8. The largest absolute Gasteiger partial charge is 0.333 e. The molecule has 0 unspecified atom stereocenters. The van der Waals surface area contributed by atoms with Crippen LogP contribution in [0.25, 0.3) is 5.69 Å². The van der Waals surface area contributed by atoms with Gasteiger partial charge in [0.2, 0.25) is 5.91 Å². The van der Waals surface area contributed by atoms with E-state index in [1.54, 1.807) is 16.0 Å². The number of carbonyl (C=O) groups excluding carboxylic acids is 2. The van der Waals surface area contributed by atoms with Gasteiger partial charge in [-0.1, -0.05) is 44.5 Å². The second kappa shape index (κ2) is 9.22. The third-order valence-electron chi connectivity index (χ3n) is 6.25. The molecule has 7 heteroatoms. The van der Waals surface area contributed by atoms with Crippen LogP contribution >= 0.6 is 11.3 Å². The van der Waals surface area contributed by atoms with Crippen LogP contribution in [-0.2, 0) is 23.2 Å². The molecular formula is C27H32N4O2S. The zero-order valence-corrected chi connectivity index (χ0v) is 21.5. The van der Waals surface area contributed by atoms with Crippen LogP contribution < -0.4 is 5.32 Å². The van der Waals surface area contributed by atoms with Gasteiger partial charge in [0.15, 0.2) is 0 Å². The maximum absolute atomic E-state index is 13.4. The summed E-state index contributed by atoms with van der Waals surface area (Å²) < 4.78 is 1.80. The number of rotatable bonds is 4. The lowest BCUT2D eigenvalue weighted by Crippen LogP contribution is -2.36. The van der Waals surface area contributed by atoms with E-state index >= 15 is 0 Å². The van der Waals surface area contributed by atoms with Crippen LogP contribution in [0.4, 0.5) is 5.82 Å². The van der Waals surface area contributed by atoms with Gasteiger partial charge in [-0.3, -0.25) is 9.59 Å². The van der Waals surface area contributed by atoms with Gasteiger partial charge in [-0.15, -0.1) is 11.3 Å². The summed E-state index contributed by atoms with van der Waals surface area (Å²) in [4.78, 5) is 28.9. The van der Waals surface area contributed by atoms with Crippen molar-refractivity contribution in [3.63, 3.8) is 0 Å². The first-order valence-electron chi connectivity index (χ1n) is 11.6. The van der Waals surface area contributed by atoms with Gasteiger partial charge in [0.25, 0.3) is 5.91 Å². The van der Waals surface area contributed by atoms with Gasteiger partial charge in [0.1, 0.15) is 5.82 Å². The predicted molar refractivity (Wildman–Crippen MR) is 138 cm³/mol. The van der Waals surface area contributed by atoms with Crippen LogP contribution in [0.1, 0.15) is 66.7 Å². The Bertz CT molecular complexity index is 1260. The normalized spacial score (nSPS) is 14.2. The second-order valence-electron chi connectivity index (χ2n) is 9.87. The maximum atomic E-state index is 13.4. The summed E-state index contributed by atoms with van der Waals surface area (Å²) >= 11 is 1.55. The monoisotopic (exact) mass is 476 g/mol. The lowest BCUT2D eigenvalue weighted by molar-refractivity contribution is -0.127. The van der Waals surface area contributed by atoms with Crippen molar-refractivity contribution in [2.45, 2.75) is 59.9 Å². The standard InChI is InChI=1S/C27H32N4O2S/c1-7-18(3)26(33)30-13-12-20-21(16-34-22(20)15-30)25(32)28-24-14-23(27(4,5)6)29-31(24)19-10-8-17(2)9-11-19/h7-11,14,16H,12-13,15H2,1-6H3,(H,28,32)/b18-7+. The van der Waals surface area contributed by atoms with E-state index in [4.69, 9.17) is 5.10 Å². The number of benzene rings is 1. The molecule has 1 N–H and O–H groups in total. The molecule has 0 saturated heterocycles. The minimum absolute atomic E-state index is 0.0595. The van der Waals surface area contributed by atoms with Crippen molar-refractivity contribution in [1.29, 1.82) is 0 Å². The Morgan fingerprint density at radius 3 is 2.53 bits per heavy atom. The van der Waals surface area contributed by atoms with Crippen LogP contribution in [-0.4, -0.2) is 33.0 Å². The van der Waals surface area contributed by atoms with Crippen LogP contribution in [0.3, 0.4) is 0 Å². The van der Waals surface area contributed by atoms with Crippen molar-refractivity contribution in [2.24, 2.45) is 0 Å². The van der Waals surface area contributed by atoms with Crippen molar-refractivity contribution in [2.75, 3.05) is 11.9 Å². The molecule has 0 atom stereocenters. The zero-order valence-electron chi connectivity index (χ0n) is 20.7. The average Bonchev–Trinajstić information content (AvgIpc) is 3.42. The number of aryl methyl sites for hydroxylation is 1. The van der Waals surface area contributed by atoms with Gasteiger partial charge in [0.05, 0.1) is 23.5 Å². The zero-order chi connectivity index (χ0) is 24.6. The number of allylic oxidation sites excluding steroid dienone is 1. The molecule has 2 aromatic heterocycles. The highest BCUT2D eigenvalue weighted by Crippen LogP contribution is 2.31. The molecule has 0 radical (unpaired) electrons. The van der Waals surface area contributed by atoms with Crippen molar-refractivity contribution >= 4 is 29.0 Å². The summed E-state index contributed by atoms with van der Waals surface area (Å²) in [5, 5.41) is 9.83. The first kappa shape index (κ1) is 24.0. The SMILES string of the molecule is C/C=C(\C)C(=O)N1CCc2c(C(=O)Nc3cc(C(C)(C)C)nn3-c3ccc(C)cc3)csc2C1. The Morgan fingerprint density at radius 2 is 1.88 bits per heavy atom. The van der Waals surface area contributed by atoms with Gasteiger partial charge < -0.3 is 10.2 Å². The Balaban J connectivity index is 1.61. The van der Waals surface area contributed by atoms with Crippen molar-refractivity contribution in [3.05, 3.63) is 74.6 Å². The molecule has 178 valence electrons. The fraction of sp³-hybridized carbons (Fsp3) is 0.370. The van der Waals surface area contributed by atoms with Crippen LogP contribution in [0.15, 0.2) is 47.4 Å². The molecule has 2 amide bonds. The van der Waals surface area contributed by atoms with E-state index in [-0.39, 0.29) is 17.2 Å². The molecule has 4 rings (SSSR count). The molecule has 3 heterocycles. The number of hydrogen-bond donors (Lipinski definition) is 1. The van der Waals surface area contributed by atoms with Crippen LogP contribution in [0.5, 0.6) is 0 Å². The number of anilines is 1. The Morgan fingerprint density at radius 1 is 1.18 bits per heavy atom. The number of amides is 2. The fourth-order valence-corrected chi connectivity index (χ4v) is 5.06. The maximum Gasteiger partial charge on any atom is 0.257 e. The summed E-state index contributed by atoms with van der Waals surface area (Å²) in [5.41, 5.74) is 5.29. The summed E-state index contributed by atoms with van der Waals surface area (Å²) in [6.07, 6.45) is 2.52. The molecule has 3 aromatic rings. The number of carbonyl (C=O) groups is 2. The highest BCUT2D eigenvalue weighted by molar-refractivity contribution is 7.10. The Hall–Kier alpha value is -3.19. The lowest BCUT2D eigenvalue weighted by atomic mass is 9.92. The number of aromatic nitrogens is 2. The number of hydrogen-bond acceptors (Lipinski definition) is 4. The molecule has 1 aliphatic rings. The third-order valence-corrected chi connectivity index (χ3v) is 7.26. The molecule has 6 nitrogen and oxygen atoms in total. The minimum Gasteiger partial charge on any atom is -0.333 e. The first-order chi connectivity index (χ1) is 16.1. The number of nitrogens with one attached hydrogen (secondary N) is 1. The van der Waals surface area contributed by atoms with E-state index in [1.807, 2.05) is 67.5 Å². The molecule has 1 aliphatic heterocycles. The molecule has 0 saturated carbocycles. The summed E-state index contributed by atoms with van der Waals surface area (Å²) in [7, 11) is 0. The van der Waals surface area contributed by atoms with Crippen molar-refractivity contribution < 1.29 is 9.59 Å². The smallest absolute Gasteiger partial charge is 0.257 e. The molecule has 0 spiro atoms. The molecule has 0 fully saturated rings. The van der Waals surface area contributed by atoms with E-state index in [0.717, 1.165) is 27.4 Å². The minimum atomic E-state index is -0.155. The van der Waals surface area contributed by atoms with Gasteiger partial charge in [-0.25, -0.2) is 4.68 Å². The number of fused-ring (bicyclic) bond motifs is 1.